The highest BCUT2D eigenvalue weighted by Gasteiger charge is 2.37. The molecule has 1 aromatic carbocycles. The highest BCUT2D eigenvalue weighted by Crippen LogP contribution is 2.38. The topological polar surface area (TPSA) is 24.5 Å². The van der Waals surface area contributed by atoms with Gasteiger partial charge in [-0.1, -0.05) is 6.07 Å². The van der Waals surface area contributed by atoms with Crippen molar-refractivity contribution in [2.24, 2.45) is 0 Å². The molecule has 1 aromatic rings. The average molecular weight is 306 g/mol. The predicted octanol–water partition coefficient (Wildman–Crippen LogP) is 2.73. The van der Waals surface area contributed by atoms with Crippen molar-refractivity contribution in [3.63, 3.8) is 0 Å². The van der Waals surface area contributed by atoms with Gasteiger partial charge in [0.2, 0.25) is 0 Å². The van der Waals surface area contributed by atoms with Crippen LogP contribution in [-0.4, -0.2) is 44.4 Å². The summed E-state index contributed by atoms with van der Waals surface area (Å²) in [5.74, 6) is -0.371. The Balaban J connectivity index is 2.33. The zero-order valence-electron chi connectivity index (χ0n) is 11.7. The molecule has 21 heavy (non-hydrogen) atoms. The van der Waals surface area contributed by atoms with E-state index in [0.29, 0.717) is 31.7 Å². The van der Waals surface area contributed by atoms with Crippen LogP contribution in [0.3, 0.4) is 0 Å². The van der Waals surface area contributed by atoms with Gasteiger partial charge in [-0.25, -0.2) is 4.39 Å². The Morgan fingerprint density at radius 1 is 1.29 bits per heavy atom. The number of methoxy groups -OCH3 is 1. The van der Waals surface area contributed by atoms with Crippen molar-refractivity contribution in [1.29, 1.82) is 0 Å². The van der Waals surface area contributed by atoms with E-state index in [1.54, 1.807) is 4.90 Å². The maximum Gasteiger partial charge on any atom is 0.390 e. The quantitative estimate of drug-likeness (QED) is 0.866. The van der Waals surface area contributed by atoms with Crippen LogP contribution in [0.4, 0.5) is 17.6 Å². The van der Waals surface area contributed by atoms with E-state index in [9.17, 15) is 17.6 Å². The third-order valence-electron chi connectivity index (χ3n) is 3.57. The van der Waals surface area contributed by atoms with Crippen LogP contribution in [0.5, 0.6) is 5.75 Å². The molecule has 2 rings (SSSR count). The second-order valence-electron chi connectivity index (χ2n) is 5.01. The van der Waals surface area contributed by atoms with E-state index in [1.807, 2.05) is 0 Å². The Bertz CT molecular complexity index is 473. The molecule has 1 heterocycles. The van der Waals surface area contributed by atoms with Crippen LogP contribution in [0.25, 0.3) is 0 Å². The SMILES string of the molecule is COc1cc(F)ccc1[C@H](CC(F)(F)F)N1CCNCC1. The Morgan fingerprint density at radius 3 is 2.52 bits per heavy atom. The zero-order chi connectivity index (χ0) is 15.5. The lowest BCUT2D eigenvalue weighted by molar-refractivity contribution is -0.148. The molecule has 0 aliphatic carbocycles. The molecular weight excluding hydrogens is 288 g/mol. The number of alkyl halides is 3. The molecule has 0 amide bonds. The van der Waals surface area contributed by atoms with E-state index in [-0.39, 0.29) is 5.75 Å². The lowest BCUT2D eigenvalue weighted by atomic mass is 9.99. The fraction of sp³-hybridized carbons (Fsp3) is 0.571. The van der Waals surface area contributed by atoms with Gasteiger partial charge in [-0.3, -0.25) is 4.90 Å². The van der Waals surface area contributed by atoms with Crippen LogP contribution in [0.2, 0.25) is 0 Å². The van der Waals surface area contributed by atoms with Crippen molar-refractivity contribution < 1.29 is 22.3 Å². The van der Waals surface area contributed by atoms with E-state index in [1.165, 1.54) is 19.2 Å². The highest BCUT2D eigenvalue weighted by molar-refractivity contribution is 5.37. The zero-order valence-corrected chi connectivity index (χ0v) is 11.7. The molecule has 1 fully saturated rings. The Hall–Kier alpha value is -1.34. The molecule has 0 saturated carbocycles. The second-order valence-corrected chi connectivity index (χ2v) is 5.01. The number of benzene rings is 1. The molecule has 1 aliphatic heterocycles. The van der Waals surface area contributed by atoms with Crippen LogP contribution in [0.1, 0.15) is 18.0 Å². The first-order valence-electron chi connectivity index (χ1n) is 6.75. The number of hydrogen-bond donors (Lipinski definition) is 1. The average Bonchev–Trinajstić information content (AvgIpc) is 2.45. The van der Waals surface area contributed by atoms with Gasteiger partial charge in [-0.2, -0.15) is 13.2 Å². The van der Waals surface area contributed by atoms with Crippen molar-refractivity contribution in [2.75, 3.05) is 33.3 Å². The Labute approximate surface area is 120 Å². The number of rotatable bonds is 4. The molecule has 1 atom stereocenters. The number of piperazine rings is 1. The van der Waals surface area contributed by atoms with Gasteiger partial charge in [0.15, 0.2) is 0 Å². The van der Waals surface area contributed by atoms with E-state index in [0.717, 1.165) is 6.07 Å². The summed E-state index contributed by atoms with van der Waals surface area (Å²) in [6, 6.07) is 2.82. The summed E-state index contributed by atoms with van der Waals surface area (Å²) >= 11 is 0. The normalized spacial score (nSPS) is 18.5. The summed E-state index contributed by atoms with van der Waals surface area (Å²) in [6.45, 7) is 2.30. The Kier molecular flexibility index (Phi) is 5.05. The summed E-state index contributed by atoms with van der Waals surface area (Å²) in [7, 11) is 1.33. The van der Waals surface area contributed by atoms with Gasteiger partial charge in [-0.15, -0.1) is 0 Å². The van der Waals surface area contributed by atoms with E-state index < -0.39 is 24.5 Å². The lowest BCUT2D eigenvalue weighted by Crippen LogP contribution is -2.46. The van der Waals surface area contributed by atoms with Crippen molar-refractivity contribution >= 4 is 0 Å². The van der Waals surface area contributed by atoms with Gasteiger partial charge >= 0.3 is 6.18 Å². The van der Waals surface area contributed by atoms with Gasteiger partial charge in [0.05, 0.1) is 13.5 Å². The van der Waals surface area contributed by atoms with Crippen LogP contribution < -0.4 is 10.1 Å². The summed E-state index contributed by atoms with van der Waals surface area (Å²) < 4.78 is 57.0. The van der Waals surface area contributed by atoms with Crippen molar-refractivity contribution in [2.45, 2.75) is 18.6 Å². The molecule has 118 valence electrons. The van der Waals surface area contributed by atoms with Crippen LogP contribution >= 0.6 is 0 Å². The summed E-state index contributed by atoms with van der Waals surface area (Å²) in [5, 5.41) is 3.11. The van der Waals surface area contributed by atoms with Gasteiger partial charge in [0.1, 0.15) is 11.6 Å². The first-order valence-corrected chi connectivity index (χ1v) is 6.75. The van der Waals surface area contributed by atoms with Gasteiger partial charge in [-0.05, 0) is 6.07 Å². The van der Waals surface area contributed by atoms with Gasteiger partial charge in [0.25, 0.3) is 0 Å². The van der Waals surface area contributed by atoms with Gasteiger partial charge < -0.3 is 10.1 Å². The summed E-state index contributed by atoms with van der Waals surface area (Å²) in [4.78, 5) is 1.76. The third-order valence-corrected chi connectivity index (χ3v) is 3.57. The predicted molar refractivity (Wildman–Crippen MR) is 70.8 cm³/mol. The number of nitrogens with zero attached hydrogens (tertiary/aromatic N) is 1. The minimum atomic E-state index is -4.30. The van der Waals surface area contributed by atoms with Crippen LogP contribution in [0, 0.1) is 5.82 Å². The number of halogens is 4. The first-order chi connectivity index (χ1) is 9.90. The van der Waals surface area contributed by atoms with E-state index in [4.69, 9.17) is 4.74 Å². The molecule has 0 spiro atoms. The molecule has 0 radical (unpaired) electrons. The molecule has 1 aliphatic rings. The standard InChI is InChI=1S/C14H18F4N2O/c1-21-13-8-10(15)2-3-11(13)12(9-14(16,17)18)20-6-4-19-5-7-20/h2-3,8,12,19H,4-7,9H2,1H3/t12-/m0/s1. The van der Waals surface area contributed by atoms with Gasteiger partial charge in [0, 0.05) is 43.9 Å². The largest absolute Gasteiger partial charge is 0.496 e. The smallest absolute Gasteiger partial charge is 0.390 e. The van der Waals surface area contributed by atoms with Crippen LogP contribution in [-0.2, 0) is 0 Å². The molecule has 0 aromatic heterocycles. The van der Waals surface area contributed by atoms with Crippen LogP contribution in [0.15, 0.2) is 18.2 Å². The summed E-state index contributed by atoms with van der Waals surface area (Å²) in [5.41, 5.74) is 0.373. The van der Waals surface area contributed by atoms with E-state index in [2.05, 4.69) is 5.32 Å². The number of nitrogens with one attached hydrogen (secondary N) is 1. The molecule has 0 bridgehead atoms. The minimum absolute atomic E-state index is 0.155. The molecule has 3 nitrogen and oxygen atoms in total. The fourth-order valence-corrected chi connectivity index (χ4v) is 2.61. The van der Waals surface area contributed by atoms with Crippen molar-refractivity contribution in [3.8, 4) is 5.75 Å². The molecule has 0 unspecified atom stereocenters. The molecular formula is C14H18F4N2O. The Morgan fingerprint density at radius 2 is 1.95 bits per heavy atom. The monoisotopic (exact) mass is 306 g/mol. The van der Waals surface area contributed by atoms with E-state index >= 15 is 0 Å². The maximum atomic E-state index is 13.3. The van der Waals surface area contributed by atoms with Crippen molar-refractivity contribution in [1.82, 2.24) is 10.2 Å². The maximum absolute atomic E-state index is 13.3. The number of ether oxygens (including phenoxy) is 1. The second kappa shape index (κ2) is 6.62. The lowest BCUT2D eigenvalue weighted by Gasteiger charge is -2.36. The first kappa shape index (κ1) is 16.0. The summed E-state index contributed by atoms with van der Waals surface area (Å²) in [6.07, 6.45) is -5.27. The number of hydrogen-bond acceptors (Lipinski definition) is 3. The van der Waals surface area contributed by atoms with Crippen molar-refractivity contribution in [3.05, 3.63) is 29.6 Å². The highest BCUT2D eigenvalue weighted by atomic mass is 19.4. The molecule has 7 heteroatoms. The molecule has 1 saturated heterocycles. The minimum Gasteiger partial charge on any atom is -0.496 e. The molecule has 1 N–H and O–H groups in total. The third kappa shape index (κ3) is 4.31. The fourth-order valence-electron chi connectivity index (χ4n) is 2.61.